The van der Waals surface area contributed by atoms with Crippen LogP contribution in [0.15, 0.2) is 173 Å². The predicted molar refractivity (Wildman–Crippen MR) is 253 cm³/mol. The highest BCUT2D eigenvalue weighted by Crippen LogP contribution is 2.48. The molecule has 9 aromatic carbocycles. The third-order valence-electron chi connectivity index (χ3n) is 11.8. The Bertz CT molecular complexity index is 3420. The molecule has 0 bridgehead atoms. The molecule has 0 N–H and O–H groups in total. The lowest BCUT2D eigenvalue weighted by atomic mass is 9.59. The van der Waals surface area contributed by atoms with Crippen molar-refractivity contribution < 1.29 is 8.83 Å². The fourth-order valence-corrected chi connectivity index (χ4v) is 8.95. The molecule has 10 radical (unpaired) electrons. The van der Waals surface area contributed by atoms with E-state index in [0.717, 1.165) is 105 Å². The fraction of sp³-hybridized carbons (Fsp3) is 0. The Hall–Kier alpha value is -6.84. The molecule has 0 unspecified atom stereocenters. The lowest BCUT2D eigenvalue weighted by molar-refractivity contribution is 0.632. The smallest absolute Gasteiger partial charge is 0.136 e. The van der Waals surface area contributed by atoms with Crippen LogP contribution in [0.4, 0.5) is 0 Å². The van der Waals surface area contributed by atoms with Gasteiger partial charge in [-0.15, -0.1) is 16.4 Å². The van der Waals surface area contributed by atoms with Crippen LogP contribution < -0.4 is 27.3 Å². The molecule has 262 valence electrons. The Labute approximate surface area is 347 Å². The van der Waals surface area contributed by atoms with Crippen molar-refractivity contribution in [1.29, 1.82) is 0 Å². The Kier molecular flexibility index (Phi) is 8.17. The predicted octanol–water partition coefficient (Wildman–Crippen LogP) is 8.94. The third-order valence-corrected chi connectivity index (χ3v) is 11.8. The minimum Gasteiger partial charge on any atom is -0.456 e. The summed E-state index contributed by atoms with van der Waals surface area (Å²) in [5.74, 6) is 0.814. The number of rotatable bonds is 5. The standard InChI is InChI=1S/C52H27B5O2/c53-48-47(49(54)51(56)52(57)50(48)55)46-36-18-8-6-16-34(36)44(35-17-7-9-19-37(35)46)39-25-30(26-43-45(39)38-20-10-11-21-41(38)59-43)29-22-23-40-31(24-29)27-42(58-40)33-15-5-4-14-32(33)28-12-2-1-3-13-28/h1-27H. The van der Waals surface area contributed by atoms with Crippen LogP contribution in [0.25, 0.3) is 110 Å². The first-order chi connectivity index (χ1) is 28.9. The number of furan rings is 2. The first-order valence-corrected chi connectivity index (χ1v) is 19.5. The molecule has 0 saturated carbocycles. The molecule has 2 nitrogen and oxygen atoms in total. The molecular formula is C52H27B5O2. The summed E-state index contributed by atoms with van der Waals surface area (Å²) in [5.41, 5.74) is 12.4. The van der Waals surface area contributed by atoms with Gasteiger partial charge in [0.1, 0.15) is 61.7 Å². The molecule has 0 fully saturated rings. The van der Waals surface area contributed by atoms with E-state index in [1.54, 1.807) is 0 Å². The van der Waals surface area contributed by atoms with Crippen molar-refractivity contribution in [2.45, 2.75) is 0 Å². The van der Waals surface area contributed by atoms with E-state index in [1.807, 2.05) is 30.3 Å². The summed E-state index contributed by atoms with van der Waals surface area (Å²) in [4.78, 5) is 0. The van der Waals surface area contributed by atoms with Gasteiger partial charge in [-0.25, -0.2) is 0 Å². The molecular weight excluding hydrogens is 711 g/mol. The fourth-order valence-electron chi connectivity index (χ4n) is 8.95. The summed E-state index contributed by atoms with van der Waals surface area (Å²) in [6.07, 6.45) is 0. The Morgan fingerprint density at radius 1 is 0.305 bits per heavy atom. The van der Waals surface area contributed by atoms with Crippen molar-refractivity contribution in [3.05, 3.63) is 164 Å². The maximum Gasteiger partial charge on any atom is 0.136 e. The van der Waals surface area contributed by atoms with Crippen LogP contribution in [-0.2, 0) is 0 Å². The van der Waals surface area contributed by atoms with Crippen LogP contribution in [0.2, 0.25) is 0 Å². The van der Waals surface area contributed by atoms with Crippen molar-refractivity contribution in [2.24, 2.45) is 0 Å². The van der Waals surface area contributed by atoms with Crippen molar-refractivity contribution in [1.82, 2.24) is 0 Å². The zero-order valence-electron chi connectivity index (χ0n) is 31.8. The molecule has 11 rings (SSSR count). The monoisotopic (exact) mass is 738 g/mol. The van der Waals surface area contributed by atoms with Crippen LogP contribution in [0.3, 0.4) is 0 Å². The highest BCUT2D eigenvalue weighted by molar-refractivity contribution is 6.69. The highest BCUT2D eigenvalue weighted by Gasteiger charge is 2.24. The molecule has 59 heavy (non-hydrogen) atoms. The van der Waals surface area contributed by atoms with Crippen molar-refractivity contribution in [2.75, 3.05) is 0 Å². The summed E-state index contributed by atoms with van der Waals surface area (Å²) in [6, 6.07) is 56.5. The van der Waals surface area contributed by atoms with E-state index in [0.29, 0.717) is 16.5 Å². The van der Waals surface area contributed by atoms with E-state index in [9.17, 15) is 0 Å². The summed E-state index contributed by atoms with van der Waals surface area (Å²) in [5, 5.41) is 6.95. The van der Waals surface area contributed by atoms with E-state index in [1.165, 1.54) is 0 Å². The van der Waals surface area contributed by atoms with Crippen LogP contribution in [0, 0.1) is 0 Å². The van der Waals surface area contributed by atoms with Gasteiger partial charge < -0.3 is 8.83 Å². The zero-order chi connectivity index (χ0) is 39.9. The van der Waals surface area contributed by atoms with Gasteiger partial charge in [-0.1, -0.05) is 138 Å². The van der Waals surface area contributed by atoms with E-state index in [-0.39, 0.29) is 16.4 Å². The summed E-state index contributed by atoms with van der Waals surface area (Å²) >= 11 is 0. The normalized spacial score (nSPS) is 11.7. The van der Waals surface area contributed by atoms with Gasteiger partial charge in [0.2, 0.25) is 0 Å². The van der Waals surface area contributed by atoms with Crippen LogP contribution in [0.5, 0.6) is 0 Å². The minimum absolute atomic E-state index is 0.182. The van der Waals surface area contributed by atoms with E-state index < -0.39 is 0 Å². The second-order valence-electron chi connectivity index (χ2n) is 15.1. The number of hydrogen-bond donors (Lipinski definition) is 0. The molecule has 0 saturated heterocycles. The average molecular weight is 738 g/mol. The number of para-hydroxylation sites is 1. The summed E-state index contributed by atoms with van der Waals surface area (Å²) in [7, 11) is 32.7. The van der Waals surface area contributed by atoms with Gasteiger partial charge in [-0.3, -0.25) is 0 Å². The maximum atomic E-state index is 6.77. The van der Waals surface area contributed by atoms with Gasteiger partial charge in [0.25, 0.3) is 0 Å². The van der Waals surface area contributed by atoms with Crippen molar-refractivity contribution in [3.63, 3.8) is 0 Å². The molecule has 0 atom stereocenters. The van der Waals surface area contributed by atoms with Gasteiger partial charge in [0, 0.05) is 21.7 Å². The second kappa shape index (κ2) is 13.6. The van der Waals surface area contributed by atoms with Gasteiger partial charge in [-0.05, 0) is 102 Å². The van der Waals surface area contributed by atoms with E-state index in [2.05, 4.69) is 133 Å². The first kappa shape index (κ1) is 35.3. The summed E-state index contributed by atoms with van der Waals surface area (Å²) in [6.45, 7) is 0. The van der Waals surface area contributed by atoms with Gasteiger partial charge in [0.05, 0.1) is 0 Å². The molecule has 2 heterocycles. The molecule has 0 spiro atoms. The Morgan fingerprint density at radius 3 is 1.54 bits per heavy atom. The lowest BCUT2D eigenvalue weighted by Gasteiger charge is -2.25. The lowest BCUT2D eigenvalue weighted by Crippen LogP contribution is -2.55. The molecule has 0 aliphatic carbocycles. The maximum absolute atomic E-state index is 6.77. The molecule has 11 aromatic rings. The quantitative estimate of drug-likeness (QED) is 0.130. The molecule has 0 amide bonds. The zero-order valence-corrected chi connectivity index (χ0v) is 31.8. The van der Waals surface area contributed by atoms with E-state index in [4.69, 9.17) is 48.1 Å². The molecule has 0 aliphatic rings. The molecule has 0 aliphatic heterocycles. The van der Waals surface area contributed by atoms with Gasteiger partial charge >= 0.3 is 0 Å². The number of benzene rings is 9. The number of hydrogen-bond acceptors (Lipinski definition) is 2. The average Bonchev–Trinajstić information content (AvgIpc) is 3.89. The van der Waals surface area contributed by atoms with Crippen LogP contribution >= 0.6 is 0 Å². The SMILES string of the molecule is [B]c1c([B])c([B])c(-c2c3ccccc3c(-c3cc(-c4ccc5oc(-c6ccccc6-c6ccccc6)cc5c4)cc4oc5ccccc5c34)c3ccccc23)c([B])c1[B]. The molecule has 7 heteroatoms. The molecule has 2 aromatic heterocycles. The second-order valence-corrected chi connectivity index (χ2v) is 15.1. The van der Waals surface area contributed by atoms with Gasteiger partial charge in [-0.2, -0.15) is 0 Å². The Morgan fingerprint density at radius 2 is 0.864 bits per heavy atom. The topological polar surface area (TPSA) is 26.3 Å². The van der Waals surface area contributed by atoms with Crippen molar-refractivity contribution >= 4 is 121 Å². The van der Waals surface area contributed by atoms with Crippen molar-refractivity contribution in [3.8, 4) is 55.8 Å². The third kappa shape index (κ3) is 5.48. The first-order valence-electron chi connectivity index (χ1n) is 19.5. The Balaban J connectivity index is 1.17. The van der Waals surface area contributed by atoms with Crippen LogP contribution in [-0.4, -0.2) is 39.2 Å². The van der Waals surface area contributed by atoms with E-state index >= 15 is 0 Å². The largest absolute Gasteiger partial charge is 0.456 e. The van der Waals surface area contributed by atoms with Crippen LogP contribution in [0.1, 0.15) is 0 Å². The summed E-state index contributed by atoms with van der Waals surface area (Å²) < 4.78 is 13.2. The number of fused-ring (bicyclic) bond motifs is 6. The van der Waals surface area contributed by atoms with Gasteiger partial charge in [0.15, 0.2) is 0 Å². The minimum atomic E-state index is 0.182. The highest BCUT2D eigenvalue weighted by atomic mass is 16.3.